The molecule has 1 rings (SSSR count). The quantitative estimate of drug-likeness (QED) is 0.780. The van der Waals surface area contributed by atoms with E-state index >= 15 is 0 Å². The molecule has 0 radical (unpaired) electrons. The van der Waals surface area contributed by atoms with Gasteiger partial charge in [-0.25, -0.2) is 0 Å². The zero-order valence-corrected chi connectivity index (χ0v) is 11.4. The molecule has 96 valence electrons. The van der Waals surface area contributed by atoms with Gasteiger partial charge in [-0.2, -0.15) is 0 Å². The molecule has 0 aromatic carbocycles. The van der Waals surface area contributed by atoms with Crippen LogP contribution in [-0.4, -0.2) is 43.3 Å². The summed E-state index contributed by atoms with van der Waals surface area (Å²) in [4.78, 5) is 2.52. The lowest BCUT2D eigenvalue weighted by Crippen LogP contribution is -2.52. The first-order valence-corrected chi connectivity index (χ1v) is 6.53. The van der Waals surface area contributed by atoms with Gasteiger partial charge < -0.3 is 10.5 Å². The molecular formula is C13H28N2O. The van der Waals surface area contributed by atoms with Gasteiger partial charge in [0.15, 0.2) is 0 Å². The van der Waals surface area contributed by atoms with E-state index in [1.165, 1.54) is 0 Å². The van der Waals surface area contributed by atoms with E-state index in [9.17, 15) is 0 Å². The summed E-state index contributed by atoms with van der Waals surface area (Å²) in [6.45, 7) is 13.7. The van der Waals surface area contributed by atoms with Crippen LogP contribution >= 0.6 is 0 Å². The summed E-state index contributed by atoms with van der Waals surface area (Å²) < 4.78 is 5.74. The van der Waals surface area contributed by atoms with Crippen molar-refractivity contribution in [2.45, 2.75) is 46.1 Å². The monoisotopic (exact) mass is 228 g/mol. The molecule has 0 aromatic rings. The third kappa shape index (κ3) is 3.44. The van der Waals surface area contributed by atoms with Crippen molar-refractivity contribution >= 4 is 0 Å². The summed E-state index contributed by atoms with van der Waals surface area (Å²) in [6, 6.07) is 0. The number of rotatable bonds is 5. The summed E-state index contributed by atoms with van der Waals surface area (Å²) >= 11 is 0. The molecule has 1 fully saturated rings. The molecule has 0 spiro atoms. The highest BCUT2D eigenvalue weighted by Gasteiger charge is 2.32. The lowest BCUT2D eigenvalue weighted by atomic mass is 9.81. The molecule has 16 heavy (non-hydrogen) atoms. The van der Waals surface area contributed by atoms with Crippen molar-refractivity contribution in [1.82, 2.24) is 4.90 Å². The molecule has 0 aromatic heterocycles. The molecule has 1 heterocycles. The van der Waals surface area contributed by atoms with Gasteiger partial charge in [0.1, 0.15) is 0 Å². The van der Waals surface area contributed by atoms with E-state index in [2.05, 4.69) is 32.6 Å². The van der Waals surface area contributed by atoms with E-state index in [1.807, 2.05) is 0 Å². The van der Waals surface area contributed by atoms with Crippen LogP contribution in [0.3, 0.4) is 0 Å². The predicted octanol–water partition coefficient (Wildman–Crippen LogP) is 1.86. The highest BCUT2D eigenvalue weighted by molar-refractivity contribution is 4.86. The number of nitrogens with zero attached hydrogens (tertiary/aromatic N) is 1. The molecule has 0 unspecified atom stereocenters. The molecule has 0 bridgehead atoms. The molecule has 0 amide bonds. The largest absolute Gasteiger partial charge is 0.373 e. The zero-order valence-electron chi connectivity index (χ0n) is 11.4. The van der Waals surface area contributed by atoms with E-state index < -0.39 is 0 Å². The molecular weight excluding hydrogens is 200 g/mol. The van der Waals surface area contributed by atoms with Gasteiger partial charge in [0.2, 0.25) is 0 Å². The molecule has 3 nitrogen and oxygen atoms in total. The Morgan fingerprint density at radius 3 is 2.38 bits per heavy atom. The Kier molecular flexibility index (Phi) is 4.77. The van der Waals surface area contributed by atoms with Gasteiger partial charge in [0.05, 0.1) is 12.2 Å². The molecule has 1 aliphatic rings. The summed E-state index contributed by atoms with van der Waals surface area (Å²) in [5, 5.41) is 0. The minimum absolute atomic E-state index is 0.0000709. The van der Waals surface area contributed by atoms with E-state index in [-0.39, 0.29) is 5.60 Å². The topological polar surface area (TPSA) is 38.5 Å². The lowest BCUT2D eigenvalue weighted by Gasteiger charge is -2.43. The first kappa shape index (κ1) is 13.9. The standard InChI is InChI=1S/C13H28N2O/c1-5-13(6-2,9-14)11-15-7-8-16-12(3,4)10-15/h5-11,14H2,1-4H3. The fraction of sp³-hybridized carbons (Fsp3) is 1.00. The molecule has 0 atom stereocenters. The summed E-state index contributed by atoms with van der Waals surface area (Å²) in [6.07, 6.45) is 2.33. The van der Waals surface area contributed by atoms with Crippen LogP contribution in [0.1, 0.15) is 40.5 Å². The fourth-order valence-electron chi connectivity index (χ4n) is 2.55. The van der Waals surface area contributed by atoms with Crippen molar-refractivity contribution < 1.29 is 4.74 Å². The SMILES string of the molecule is CCC(CC)(CN)CN1CCOC(C)(C)C1. The van der Waals surface area contributed by atoms with Crippen molar-refractivity contribution in [1.29, 1.82) is 0 Å². The van der Waals surface area contributed by atoms with Crippen LogP contribution in [0.5, 0.6) is 0 Å². The smallest absolute Gasteiger partial charge is 0.0753 e. The molecule has 1 aliphatic heterocycles. The predicted molar refractivity (Wildman–Crippen MR) is 68.5 cm³/mol. The van der Waals surface area contributed by atoms with Crippen LogP contribution < -0.4 is 5.73 Å². The Labute approximate surface area is 100 Å². The van der Waals surface area contributed by atoms with Crippen LogP contribution in [0.25, 0.3) is 0 Å². The highest BCUT2D eigenvalue weighted by Crippen LogP contribution is 2.28. The van der Waals surface area contributed by atoms with Crippen molar-refractivity contribution in [2.75, 3.05) is 32.8 Å². The molecule has 1 saturated heterocycles. The molecule has 3 heteroatoms. The highest BCUT2D eigenvalue weighted by atomic mass is 16.5. The van der Waals surface area contributed by atoms with Crippen LogP contribution in [0.2, 0.25) is 0 Å². The Morgan fingerprint density at radius 1 is 1.31 bits per heavy atom. The third-order valence-electron chi connectivity index (χ3n) is 4.00. The van der Waals surface area contributed by atoms with E-state index in [4.69, 9.17) is 10.5 Å². The van der Waals surface area contributed by atoms with Gasteiger partial charge in [0, 0.05) is 19.6 Å². The average molecular weight is 228 g/mol. The van der Waals surface area contributed by atoms with Gasteiger partial charge in [0.25, 0.3) is 0 Å². The molecule has 2 N–H and O–H groups in total. The Bertz CT molecular complexity index is 204. The second kappa shape index (κ2) is 5.48. The minimum atomic E-state index is 0.0000709. The van der Waals surface area contributed by atoms with Gasteiger partial charge in [-0.3, -0.25) is 4.90 Å². The molecule has 0 saturated carbocycles. The average Bonchev–Trinajstić information content (AvgIpc) is 2.25. The maximum Gasteiger partial charge on any atom is 0.0753 e. The fourth-order valence-corrected chi connectivity index (χ4v) is 2.55. The third-order valence-corrected chi connectivity index (χ3v) is 4.00. The Balaban J connectivity index is 2.58. The maximum absolute atomic E-state index is 5.96. The summed E-state index contributed by atoms with van der Waals surface area (Å²) in [7, 11) is 0. The lowest BCUT2D eigenvalue weighted by molar-refractivity contribution is -0.0944. The van der Waals surface area contributed by atoms with Crippen LogP contribution in [0.4, 0.5) is 0 Å². The Hall–Kier alpha value is -0.120. The second-order valence-electron chi connectivity index (χ2n) is 5.73. The van der Waals surface area contributed by atoms with Gasteiger partial charge in [-0.1, -0.05) is 13.8 Å². The van der Waals surface area contributed by atoms with Crippen molar-refractivity contribution in [3.63, 3.8) is 0 Å². The number of ether oxygens (including phenoxy) is 1. The zero-order chi connectivity index (χ0) is 12.2. The van der Waals surface area contributed by atoms with Crippen LogP contribution in [0, 0.1) is 5.41 Å². The first-order chi connectivity index (χ1) is 7.47. The second-order valence-corrected chi connectivity index (χ2v) is 5.73. The number of nitrogens with two attached hydrogens (primary N) is 1. The summed E-state index contributed by atoms with van der Waals surface area (Å²) in [5.41, 5.74) is 6.25. The minimum Gasteiger partial charge on any atom is -0.373 e. The van der Waals surface area contributed by atoms with Crippen LogP contribution in [0.15, 0.2) is 0 Å². The van der Waals surface area contributed by atoms with Crippen molar-refractivity contribution in [2.24, 2.45) is 11.1 Å². The van der Waals surface area contributed by atoms with Gasteiger partial charge >= 0.3 is 0 Å². The number of hydrogen-bond acceptors (Lipinski definition) is 3. The van der Waals surface area contributed by atoms with Crippen molar-refractivity contribution in [3.05, 3.63) is 0 Å². The number of morpholine rings is 1. The Morgan fingerprint density at radius 2 is 1.94 bits per heavy atom. The maximum atomic E-state index is 5.96. The first-order valence-electron chi connectivity index (χ1n) is 6.53. The normalized spacial score (nSPS) is 22.3. The van der Waals surface area contributed by atoms with Gasteiger partial charge in [-0.15, -0.1) is 0 Å². The number of hydrogen-bond donors (Lipinski definition) is 1. The van der Waals surface area contributed by atoms with Crippen LogP contribution in [-0.2, 0) is 4.74 Å². The van der Waals surface area contributed by atoms with E-state index in [1.54, 1.807) is 0 Å². The van der Waals surface area contributed by atoms with E-state index in [0.29, 0.717) is 5.41 Å². The molecule has 0 aliphatic carbocycles. The summed E-state index contributed by atoms with van der Waals surface area (Å²) in [5.74, 6) is 0. The van der Waals surface area contributed by atoms with E-state index in [0.717, 1.165) is 45.6 Å². The van der Waals surface area contributed by atoms with Gasteiger partial charge in [-0.05, 0) is 38.6 Å². The van der Waals surface area contributed by atoms with Crippen molar-refractivity contribution in [3.8, 4) is 0 Å².